The molecule has 0 aromatic carbocycles. The maximum absolute atomic E-state index is 10.9. The van der Waals surface area contributed by atoms with Crippen molar-refractivity contribution in [1.29, 1.82) is 0 Å². The smallest absolute Gasteiger partial charge is 0.408 e. The van der Waals surface area contributed by atoms with Gasteiger partial charge in [-0.3, -0.25) is 4.98 Å². The van der Waals surface area contributed by atoms with Gasteiger partial charge in [-0.25, -0.2) is 4.79 Å². The monoisotopic (exact) mass is 178 g/mol. The van der Waals surface area contributed by atoms with Gasteiger partial charge in [-0.15, -0.1) is 0 Å². The summed E-state index contributed by atoms with van der Waals surface area (Å²) in [6, 6.07) is 3.72. The first-order valence-electron chi connectivity index (χ1n) is 4.08. The molecule has 1 N–H and O–H groups in total. The van der Waals surface area contributed by atoms with E-state index >= 15 is 0 Å². The topological polar surface area (TPSA) is 51.2 Å². The number of aromatic nitrogens is 1. The van der Waals surface area contributed by atoms with Gasteiger partial charge >= 0.3 is 6.09 Å². The van der Waals surface area contributed by atoms with Crippen LogP contribution in [0.15, 0.2) is 24.5 Å². The number of hydrogen-bond donors (Lipinski definition) is 1. The number of cyclic esters (lactones) is 1. The Morgan fingerprint density at radius 1 is 1.69 bits per heavy atom. The summed E-state index contributed by atoms with van der Waals surface area (Å²) in [7, 11) is 0. The van der Waals surface area contributed by atoms with Crippen molar-refractivity contribution in [2.75, 3.05) is 6.54 Å². The van der Waals surface area contributed by atoms with Crippen molar-refractivity contribution >= 4 is 6.09 Å². The summed E-state index contributed by atoms with van der Waals surface area (Å²) in [4.78, 5) is 14.9. The average molecular weight is 178 g/mol. The highest BCUT2D eigenvalue weighted by atomic mass is 16.6. The molecule has 0 spiro atoms. The van der Waals surface area contributed by atoms with Gasteiger partial charge in [0, 0.05) is 18.0 Å². The maximum atomic E-state index is 10.9. The van der Waals surface area contributed by atoms with Gasteiger partial charge in [0.1, 0.15) is 0 Å². The Kier molecular flexibility index (Phi) is 1.69. The molecule has 1 fully saturated rings. The maximum Gasteiger partial charge on any atom is 0.408 e. The van der Waals surface area contributed by atoms with E-state index in [2.05, 4.69) is 10.3 Å². The summed E-state index contributed by atoms with van der Waals surface area (Å²) >= 11 is 0. The van der Waals surface area contributed by atoms with Gasteiger partial charge in [0.05, 0.1) is 6.54 Å². The molecule has 4 heteroatoms. The highest BCUT2D eigenvalue weighted by Crippen LogP contribution is 2.27. The van der Waals surface area contributed by atoms with Crippen molar-refractivity contribution < 1.29 is 9.53 Å². The van der Waals surface area contributed by atoms with Crippen LogP contribution in [0.5, 0.6) is 0 Å². The van der Waals surface area contributed by atoms with Crippen molar-refractivity contribution in [3.8, 4) is 0 Å². The van der Waals surface area contributed by atoms with E-state index in [9.17, 15) is 4.79 Å². The second-order valence-corrected chi connectivity index (χ2v) is 3.22. The number of amides is 1. The van der Waals surface area contributed by atoms with Crippen LogP contribution in [0.3, 0.4) is 0 Å². The summed E-state index contributed by atoms with van der Waals surface area (Å²) in [5.41, 5.74) is 0.346. The fourth-order valence-electron chi connectivity index (χ4n) is 1.35. The van der Waals surface area contributed by atoms with Gasteiger partial charge in [-0.2, -0.15) is 0 Å². The van der Waals surface area contributed by atoms with Gasteiger partial charge in [-0.05, 0) is 13.0 Å². The Labute approximate surface area is 75.9 Å². The highest BCUT2D eigenvalue weighted by molar-refractivity contribution is 5.70. The zero-order valence-corrected chi connectivity index (χ0v) is 7.28. The molecule has 2 rings (SSSR count). The van der Waals surface area contributed by atoms with Crippen molar-refractivity contribution in [1.82, 2.24) is 10.3 Å². The molecule has 1 unspecified atom stereocenters. The molecule has 0 saturated carbocycles. The molecule has 0 aliphatic carbocycles. The van der Waals surface area contributed by atoms with E-state index < -0.39 is 5.60 Å². The van der Waals surface area contributed by atoms with Crippen LogP contribution >= 0.6 is 0 Å². The summed E-state index contributed by atoms with van der Waals surface area (Å²) in [6.45, 7) is 2.36. The van der Waals surface area contributed by atoms with Crippen LogP contribution < -0.4 is 5.32 Å². The van der Waals surface area contributed by atoms with Crippen LogP contribution in [0.2, 0.25) is 0 Å². The predicted molar refractivity (Wildman–Crippen MR) is 46.1 cm³/mol. The van der Waals surface area contributed by atoms with E-state index in [4.69, 9.17) is 4.74 Å². The number of nitrogens with one attached hydrogen (secondary N) is 1. The van der Waals surface area contributed by atoms with Gasteiger partial charge in [0.2, 0.25) is 0 Å². The molecule has 13 heavy (non-hydrogen) atoms. The number of hydrogen-bond acceptors (Lipinski definition) is 3. The lowest BCUT2D eigenvalue weighted by molar-refractivity contribution is 0.0702. The molecule has 68 valence electrons. The van der Waals surface area contributed by atoms with E-state index in [1.165, 1.54) is 0 Å². The lowest BCUT2D eigenvalue weighted by Crippen LogP contribution is -2.26. The molecular weight excluding hydrogens is 168 g/mol. The predicted octanol–water partition coefficient (Wildman–Crippen LogP) is 1.04. The normalized spacial score (nSPS) is 26.7. The Bertz CT molecular complexity index is 326. The zero-order chi connectivity index (χ0) is 9.31. The number of carbonyl (C=O) groups excluding carboxylic acids is 1. The van der Waals surface area contributed by atoms with Crippen molar-refractivity contribution in [2.24, 2.45) is 0 Å². The Morgan fingerprint density at radius 2 is 2.54 bits per heavy atom. The SMILES string of the molecule is CC1(c2cccnc2)CNC(=O)O1. The molecule has 1 aromatic rings. The largest absolute Gasteiger partial charge is 0.436 e. The summed E-state index contributed by atoms with van der Waals surface area (Å²) in [5.74, 6) is 0. The van der Waals surface area contributed by atoms with Crippen LogP contribution in [0.25, 0.3) is 0 Å². The number of rotatable bonds is 1. The van der Waals surface area contributed by atoms with Gasteiger partial charge in [0.15, 0.2) is 5.60 Å². The molecule has 1 amide bonds. The number of carbonyl (C=O) groups is 1. The molecule has 1 aliphatic heterocycles. The molecule has 1 saturated heterocycles. The third-order valence-corrected chi connectivity index (χ3v) is 2.16. The highest BCUT2D eigenvalue weighted by Gasteiger charge is 2.37. The number of alkyl carbamates (subject to hydrolysis) is 1. The lowest BCUT2D eigenvalue weighted by Gasteiger charge is -2.20. The fourth-order valence-corrected chi connectivity index (χ4v) is 1.35. The second kappa shape index (κ2) is 2.73. The van der Waals surface area contributed by atoms with Crippen molar-refractivity contribution in [3.05, 3.63) is 30.1 Å². The molecule has 1 aliphatic rings. The minimum Gasteiger partial charge on any atom is -0.436 e. The fraction of sp³-hybridized carbons (Fsp3) is 0.333. The standard InChI is InChI=1S/C9H10N2O2/c1-9(6-11-8(12)13-9)7-3-2-4-10-5-7/h2-5H,6H2,1H3,(H,11,12). The Balaban J connectivity index is 2.31. The summed E-state index contributed by atoms with van der Waals surface area (Å²) in [5, 5.41) is 2.62. The number of ether oxygens (including phenoxy) is 1. The quantitative estimate of drug-likeness (QED) is 0.699. The van der Waals surface area contributed by atoms with Crippen LogP contribution in [0, 0.1) is 0 Å². The van der Waals surface area contributed by atoms with Crippen LogP contribution in [0.4, 0.5) is 4.79 Å². The molecule has 1 aromatic heterocycles. The van der Waals surface area contributed by atoms with Gasteiger partial charge in [-0.1, -0.05) is 6.07 Å². The molecule has 2 heterocycles. The first kappa shape index (κ1) is 8.04. The van der Waals surface area contributed by atoms with Crippen molar-refractivity contribution in [3.63, 3.8) is 0 Å². The molecule has 4 nitrogen and oxygen atoms in total. The molecular formula is C9H10N2O2. The first-order chi connectivity index (χ1) is 6.21. The third-order valence-electron chi connectivity index (χ3n) is 2.16. The van der Waals surface area contributed by atoms with Crippen molar-refractivity contribution in [2.45, 2.75) is 12.5 Å². The first-order valence-corrected chi connectivity index (χ1v) is 4.08. The van der Waals surface area contributed by atoms with E-state index in [0.717, 1.165) is 5.56 Å². The minimum absolute atomic E-state index is 0.369. The van der Waals surface area contributed by atoms with Crippen LogP contribution in [-0.2, 0) is 10.3 Å². The minimum atomic E-state index is -0.564. The van der Waals surface area contributed by atoms with E-state index in [1.54, 1.807) is 12.4 Å². The summed E-state index contributed by atoms with van der Waals surface area (Å²) < 4.78 is 5.14. The molecule has 0 bridgehead atoms. The van der Waals surface area contributed by atoms with E-state index in [0.29, 0.717) is 6.54 Å². The van der Waals surface area contributed by atoms with Gasteiger partial charge < -0.3 is 10.1 Å². The van der Waals surface area contributed by atoms with Crippen LogP contribution in [0.1, 0.15) is 12.5 Å². The second-order valence-electron chi connectivity index (χ2n) is 3.22. The third kappa shape index (κ3) is 1.35. The Morgan fingerprint density at radius 3 is 3.08 bits per heavy atom. The number of pyridine rings is 1. The van der Waals surface area contributed by atoms with Gasteiger partial charge in [0.25, 0.3) is 0 Å². The number of nitrogens with zero attached hydrogens (tertiary/aromatic N) is 1. The average Bonchev–Trinajstić information content (AvgIpc) is 2.49. The summed E-state index contributed by atoms with van der Waals surface area (Å²) in [6.07, 6.45) is 3.03. The Hall–Kier alpha value is -1.58. The van der Waals surface area contributed by atoms with E-state index in [-0.39, 0.29) is 6.09 Å². The van der Waals surface area contributed by atoms with Crippen LogP contribution in [-0.4, -0.2) is 17.6 Å². The zero-order valence-electron chi connectivity index (χ0n) is 7.28. The molecule has 1 atom stereocenters. The van der Waals surface area contributed by atoms with E-state index in [1.807, 2.05) is 19.1 Å². The lowest BCUT2D eigenvalue weighted by atomic mass is 9.98. The molecule has 0 radical (unpaired) electrons.